The van der Waals surface area contributed by atoms with Crippen molar-refractivity contribution < 1.29 is 0 Å². The highest BCUT2D eigenvalue weighted by Gasteiger charge is 2.02. The van der Waals surface area contributed by atoms with Crippen LogP contribution in [0.3, 0.4) is 0 Å². The van der Waals surface area contributed by atoms with Crippen molar-refractivity contribution in [2.24, 2.45) is 0 Å². The summed E-state index contributed by atoms with van der Waals surface area (Å²) in [5.41, 5.74) is 1.42. The van der Waals surface area contributed by atoms with Crippen molar-refractivity contribution in [3.05, 3.63) is 40.8 Å². The van der Waals surface area contributed by atoms with Gasteiger partial charge in [-0.1, -0.05) is 0 Å². The summed E-state index contributed by atoms with van der Waals surface area (Å²) in [5, 5.41) is 12.0. The lowest BCUT2D eigenvalue weighted by Gasteiger charge is -2.12. The van der Waals surface area contributed by atoms with Crippen LogP contribution in [0.4, 0.5) is 0 Å². The Balaban J connectivity index is 1.66. The van der Waals surface area contributed by atoms with Gasteiger partial charge in [0.05, 0.1) is 6.54 Å². The van der Waals surface area contributed by atoms with Crippen LogP contribution in [0.5, 0.6) is 0 Å². The van der Waals surface area contributed by atoms with Crippen LogP contribution in [0, 0.1) is 0 Å². The first-order valence-corrected chi connectivity index (χ1v) is 6.51. The molecule has 0 bridgehead atoms. The fourth-order valence-corrected chi connectivity index (χ4v) is 2.37. The molecule has 86 valence electrons. The Morgan fingerprint density at radius 2 is 2.50 bits per heavy atom. The van der Waals surface area contributed by atoms with Crippen molar-refractivity contribution in [3.63, 3.8) is 0 Å². The van der Waals surface area contributed by atoms with E-state index in [0.717, 1.165) is 19.5 Å². The molecule has 0 fully saturated rings. The SMILES string of the molecule is CC(Cc1ccsc1)NCCn1cccn1. The van der Waals surface area contributed by atoms with Crippen molar-refractivity contribution in [1.82, 2.24) is 15.1 Å². The molecule has 0 saturated heterocycles. The van der Waals surface area contributed by atoms with Gasteiger partial charge in [-0.25, -0.2) is 0 Å². The van der Waals surface area contributed by atoms with Crippen molar-refractivity contribution in [2.75, 3.05) is 6.54 Å². The average molecular weight is 235 g/mol. The lowest BCUT2D eigenvalue weighted by atomic mass is 10.1. The zero-order chi connectivity index (χ0) is 11.2. The highest BCUT2D eigenvalue weighted by atomic mass is 32.1. The predicted molar refractivity (Wildman–Crippen MR) is 67.7 cm³/mol. The van der Waals surface area contributed by atoms with Gasteiger partial charge in [0.2, 0.25) is 0 Å². The third kappa shape index (κ3) is 3.47. The van der Waals surface area contributed by atoms with E-state index in [1.807, 2.05) is 23.1 Å². The summed E-state index contributed by atoms with van der Waals surface area (Å²) < 4.78 is 1.95. The minimum absolute atomic E-state index is 0.519. The Morgan fingerprint density at radius 1 is 1.56 bits per heavy atom. The summed E-state index contributed by atoms with van der Waals surface area (Å²) in [4.78, 5) is 0. The number of rotatable bonds is 6. The summed E-state index contributed by atoms with van der Waals surface area (Å²) in [6, 6.07) is 4.66. The second-order valence-corrected chi connectivity index (χ2v) is 4.74. The molecular formula is C12H17N3S. The van der Waals surface area contributed by atoms with Crippen LogP contribution in [0.15, 0.2) is 35.3 Å². The van der Waals surface area contributed by atoms with Crippen molar-refractivity contribution >= 4 is 11.3 Å². The number of hydrogen-bond donors (Lipinski definition) is 1. The van der Waals surface area contributed by atoms with Crippen LogP contribution < -0.4 is 5.32 Å². The van der Waals surface area contributed by atoms with E-state index in [9.17, 15) is 0 Å². The molecule has 1 atom stereocenters. The summed E-state index contributed by atoms with van der Waals surface area (Å²) in [6.45, 7) is 4.12. The molecule has 0 aromatic carbocycles. The molecule has 1 N–H and O–H groups in total. The second-order valence-electron chi connectivity index (χ2n) is 3.96. The molecule has 2 rings (SSSR count). The van der Waals surface area contributed by atoms with Crippen LogP contribution in [-0.2, 0) is 13.0 Å². The minimum atomic E-state index is 0.519. The molecule has 0 spiro atoms. The van der Waals surface area contributed by atoms with E-state index < -0.39 is 0 Å². The Hall–Kier alpha value is -1.13. The zero-order valence-electron chi connectivity index (χ0n) is 9.47. The Bertz CT molecular complexity index is 380. The quantitative estimate of drug-likeness (QED) is 0.831. The third-order valence-corrected chi connectivity index (χ3v) is 3.25. The largest absolute Gasteiger partial charge is 0.312 e. The first-order chi connectivity index (χ1) is 7.84. The van der Waals surface area contributed by atoms with E-state index in [1.165, 1.54) is 5.56 Å². The lowest BCUT2D eigenvalue weighted by Crippen LogP contribution is -2.31. The van der Waals surface area contributed by atoms with Gasteiger partial charge in [-0.15, -0.1) is 0 Å². The maximum Gasteiger partial charge on any atom is 0.0534 e. The first kappa shape index (κ1) is 11.4. The Kier molecular flexibility index (Phi) is 4.13. The molecule has 0 amide bonds. The molecule has 1 unspecified atom stereocenters. The van der Waals surface area contributed by atoms with Gasteiger partial charge in [0.25, 0.3) is 0 Å². The van der Waals surface area contributed by atoms with Gasteiger partial charge in [0.15, 0.2) is 0 Å². The number of nitrogens with zero attached hydrogens (tertiary/aromatic N) is 2. The number of nitrogens with one attached hydrogen (secondary N) is 1. The molecule has 2 aromatic heterocycles. The van der Waals surface area contributed by atoms with Gasteiger partial charge >= 0.3 is 0 Å². The summed E-state index contributed by atoms with van der Waals surface area (Å²) in [5.74, 6) is 0. The number of hydrogen-bond acceptors (Lipinski definition) is 3. The molecule has 0 saturated carbocycles. The molecule has 3 nitrogen and oxygen atoms in total. The van der Waals surface area contributed by atoms with Crippen molar-refractivity contribution in [3.8, 4) is 0 Å². The molecule has 0 aliphatic rings. The Morgan fingerprint density at radius 3 is 3.19 bits per heavy atom. The zero-order valence-corrected chi connectivity index (χ0v) is 10.3. The molecule has 2 aromatic rings. The van der Waals surface area contributed by atoms with E-state index >= 15 is 0 Å². The van der Waals surface area contributed by atoms with Gasteiger partial charge < -0.3 is 5.32 Å². The normalized spacial score (nSPS) is 12.8. The molecule has 4 heteroatoms. The topological polar surface area (TPSA) is 29.9 Å². The maximum atomic E-state index is 4.17. The second kappa shape index (κ2) is 5.82. The standard InChI is InChI=1S/C12H17N3S/c1-11(9-12-3-8-16-10-12)13-5-7-15-6-2-4-14-15/h2-4,6,8,10-11,13H,5,7,9H2,1H3. The van der Waals surface area contributed by atoms with Crippen LogP contribution in [-0.4, -0.2) is 22.4 Å². The number of aromatic nitrogens is 2. The van der Waals surface area contributed by atoms with Crippen LogP contribution in [0.1, 0.15) is 12.5 Å². The van der Waals surface area contributed by atoms with Crippen molar-refractivity contribution in [2.45, 2.75) is 25.9 Å². The third-order valence-electron chi connectivity index (χ3n) is 2.51. The van der Waals surface area contributed by atoms with Crippen molar-refractivity contribution in [1.29, 1.82) is 0 Å². The van der Waals surface area contributed by atoms with Gasteiger partial charge in [0.1, 0.15) is 0 Å². The average Bonchev–Trinajstić information content (AvgIpc) is 2.90. The van der Waals surface area contributed by atoms with Crippen LogP contribution in [0.2, 0.25) is 0 Å². The monoisotopic (exact) mass is 235 g/mol. The molecule has 0 aliphatic carbocycles. The highest BCUT2D eigenvalue weighted by molar-refractivity contribution is 7.07. The molecular weight excluding hydrogens is 218 g/mol. The summed E-state index contributed by atoms with van der Waals surface area (Å²) >= 11 is 1.76. The molecule has 0 aliphatic heterocycles. The summed E-state index contributed by atoms with van der Waals surface area (Å²) in [7, 11) is 0. The predicted octanol–water partition coefficient (Wildman–Crippen LogP) is 2.17. The van der Waals surface area contributed by atoms with E-state index in [2.05, 4.69) is 34.2 Å². The maximum absolute atomic E-state index is 4.17. The van der Waals surface area contributed by atoms with E-state index in [1.54, 1.807) is 11.3 Å². The first-order valence-electron chi connectivity index (χ1n) is 5.56. The molecule has 2 heterocycles. The van der Waals surface area contributed by atoms with Crippen LogP contribution in [0.25, 0.3) is 0 Å². The summed E-state index contributed by atoms with van der Waals surface area (Å²) in [6.07, 6.45) is 4.91. The lowest BCUT2D eigenvalue weighted by molar-refractivity contribution is 0.494. The Labute approximate surface area is 100 Å². The van der Waals surface area contributed by atoms with Gasteiger partial charge in [-0.05, 0) is 41.8 Å². The smallest absolute Gasteiger partial charge is 0.0534 e. The number of thiophene rings is 1. The fourth-order valence-electron chi connectivity index (χ4n) is 1.69. The van der Waals surface area contributed by atoms with E-state index in [0.29, 0.717) is 6.04 Å². The van der Waals surface area contributed by atoms with E-state index in [-0.39, 0.29) is 0 Å². The fraction of sp³-hybridized carbons (Fsp3) is 0.417. The van der Waals surface area contributed by atoms with Gasteiger partial charge in [-0.3, -0.25) is 4.68 Å². The van der Waals surface area contributed by atoms with Crippen LogP contribution >= 0.6 is 11.3 Å². The molecule has 0 radical (unpaired) electrons. The minimum Gasteiger partial charge on any atom is -0.312 e. The highest BCUT2D eigenvalue weighted by Crippen LogP contribution is 2.08. The van der Waals surface area contributed by atoms with Gasteiger partial charge in [0, 0.05) is 25.0 Å². The van der Waals surface area contributed by atoms with Gasteiger partial charge in [-0.2, -0.15) is 16.4 Å². The molecule has 16 heavy (non-hydrogen) atoms. The van der Waals surface area contributed by atoms with E-state index in [4.69, 9.17) is 0 Å².